The van der Waals surface area contributed by atoms with Gasteiger partial charge in [0.25, 0.3) is 0 Å². The van der Waals surface area contributed by atoms with E-state index in [-0.39, 0.29) is 6.10 Å². The first kappa shape index (κ1) is 19.9. The van der Waals surface area contributed by atoms with Crippen LogP contribution >= 0.6 is 31.9 Å². The number of aryl methyl sites for hydroxylation is 1. The van der Waals surface area contributed by atoms with Crippen molar-refractivity contribution in [3.63, 3.8) is 0 Å². The second-order valence-electron chi connectivity index (χ2n) is 5.67. The number of ether oxygens (including phenoxy) is 3. The first-order valence-corrected chi connectivity index (χ1v) is 9.78. The quantitative estimate of drug-likeness (QED) is 0.423. The number of hydrogen-bond acceptors (Lipinski definition) is 3. The molecule has 0 bridgehead atoms. The lowest BCUT2D eigenvalue weighted by molar-refractivity contribution is 0.242. The lowest BCUT2D eigenvalue weighted by Crippen LogP contribution is -2.05. The second-order valence-corrected chi connectivity index (χ2v) is 8.44. The Bertz CT molecular complexity index is 705. The van der Waals surface area contributed by atoms with Crippen LogP contribution in [0.1, 0.15) is 26.3 Å². The molecule has 134 valence electrons. The molecule has 0 aliphatic rings. The largest absolute Gasteiger partial charge is 0.491 e. The zero-order valence-electron chi connectivity index (χ0n) is 14.6. The van der Waals surface area contributed by atoms with Crippen LogP contribution in [0.15, 0.2) is 51.9 Å². The Morgan fingerprint density at radius 3 is 2.24 bits per heavy atom. The maximum Gasteiger partial charge on any atom is 0.130 e. The van der Waals surface area contributed by atoms with E-state index in [4.69, 9.17) is 14.2 Å². The van der Waals surface area contributed by atoms with Gasteiger partial charge in [0.15, 0.2) is 0 Å². The molecule has 2 aromatic rings. The normalized spacial score (nSPS) is 10.5. The molecular weight excluding hydrogens is 448 g/mol. The van der Waals surface area contributed by atoms with Crippen molar-refractivity contribution < 1.29 is 14.2 Å². The average molecular weight is 470 g/mol. The topological polar surface area (TPSA) is 27.7 Å². The van der Waals surface area contributed by atoms with Crippen molar-refractivity contribution in [1.82, 2.24) is 0 Å². The highest BCUT2D eigenvalue weighted by Crippen LogP contribution is 2.30. The molecule has 2 rings (SSSR count). The van der Waals surface area contributed by atoms with Crippen molar-refractivity contribution in [3.05, 3.63) is 57.5 Å². The third kappa shape index (κ3) is 6.75. The van der Waals surface area contributed by atoms with Crippen molar-refractivity contribution in [3.8, 4) is 23.0 Å². The summed E-state index contributed by atoms with van der Waals surface area (Å²) in [5, 5.41) is 0. The van der Waals surface area contributed by atoms with Crippen molar-refractivity contribution in [1.29, 1.82) is 0 Å². The van der Waals surface area contributed by atoms with Crippen molar-refractivity contribution in [2.45, 2.75) is 33.3 Å². The highest BCUT2D eigenvalue weighted by Gasteiger charge is 2.07. The summed E-state index contributed by atoms with van der Waals surface area (Å²) in [6.07, 6.45) is 2.92. The van der Waals surface area contributed by atoms with Gasteiger partial charge in [0.1, 0.15) is 29.6 Å². The van der Waals surface area contributed by atoms with Gasteiger partial charge in [-0.2, -0.15) is 0 Å². The molecule has 0 atom stereocenters. The van der Waals surface area contributed by atoms with Crippen LogP contribution in [0.4, 0.5) is 0 Å². The van der Waals surface area contributed by atoms with Gasteiger partial charge in [0.2, 0.25) is 0 Å². The van der Waals surface area contributed by atoms with E-state index in [1.807, 2.05) is 62.4 Å². The van der Waals surface area contributed by atoms with Crippen LogP contribution in [0.5, 0.6) is 23.0 Å². The molecule has 0 fully saturated rings. The molecule has 0 unspecified atom stereocenters. The minimum absolute atomic E-state index is 0.158. The zero-order valence-corrected chi connectivity index (χ0v) is 17.8. The van der Waals surface area contributed by atoms with Crippen LogP contribution in [-0.4, -0.2) is 12.7 Å². The Balaban J connectivity index is 2.07. The van der Waals surface area contributed by atoms with Crippen LogP contribution in [0.25, 0.3) is 0 Å². The minimum Gasteiger partial charge on any atom is -0.491 e. The lowest BCUT2D eigenvalue weighted by atomic mass is 10.1. The molecule has 0 amide bonds. The molecule has 25 heavy (non-hydrogen) atoms. The maximum absolute atomic E-state index is 6.02. The summed E-state index contributed by atoms with van der Waals surface area (Å²) >= 11 is 6.62. The standard InChI is InChI=1S/C20H22Br2O3/c1-4-15-13-18(23-12-11-20(21)22)9-10-19(15)25-17-7-5-16(6-8-17)24-14(2)3/h5-11,13-14H,4,12H2,1-3H3. The van der Waals surface area contributed by atoms with Gasteiger partial charge in [0, 0.05) is 0 Å². The van der Waals surface area contributed by atoms with E-state index in [9.17, 15) is 0 Å². The summed E-state index contributed by atoms with van der Waals surface area (Å²) in [6, 6.07) is 13.5. The fourth-order valence-electron chi connectivity index (χ4n) is 2.21. The number of hydrogen-bond donors (Lipinski definition) is 0. The molecule has 2 aromatic carbocycles. The summed E-state index contributed by atoms with van der Waals surface area (Å²) in [6.45, 7) is 6.61. The van der Waals surface area contributed by atoms with E-state index in [1.165, 1.54) is 0 Å². The van der Waals surface area contributed by atoms with Crippen LogP contribution in [0.3, 0.4) is 0 Å². The Hall–Kier alpha value is -1.46. The Kier molecular flexibility index (Phi) is 7.85. The van der Waals surface area contributed by atoms with Gasteiger partial charge in [0.05, 0.1) is 9.50 Å². The average Bonchev–Trinajstić information content (AvgIpc) is 2.57. The van der Waals surface area contributed by atoms with E-state index in [0.717, 1.165) is 38.4 Å². The van der Waals surface area contributed by atoms with E-state index < -0.39 is 0 Å². The number of rotatable bonds is 8. The first-order chi connectivity index (χ1) is 12.0. The molecule has 0 heterocycles. The molecule has 0 saturated carbocycles. The van der Waals surface area contributed by atoms with Crippen molar-refractivity contribution >= 4 is 31.9 Å². The highest BCUT2D eigenvalue weighted by molar-refractivity contribution is 9.28. The van der Waals surface area contributed by atoms with Crippen molar-refractivity contribution in [2.75, 3.05) is 6.61 Å². The smallest absolute Gasteiger partial charge is 0.130 e. The fourth-order valence-corrected chi connectivity index (χ4v) is 2.47. The Morgan fingerprint density at radius 2 is 1.64 bits per heavy atom. The predicted octanol–water partition coefficient (Wildman–Crippen LogP) is 6.84. The van der Waals surface area contributed by atoms with E-state index in [0.29, 0.717) is 6.61 Å². The summed E-state index contributed by atoms with van der Waals surface area (Å²) in [5.74, 6) is 3.28. The van der Waals surface area contributed by atoms with Gasteiger partial charge in [-0.1, -0.05) is 6.92 Å². The number of benzene rings is 2. The van der Waals surface area contributed by atoms with E-state index in [1.54, 1.807) is 0 Å². The Labute approximate surface area is 166 Å². The number of halogens is 2. The van der Waals surface area contributed by atoms with Gasteiger partial charge in [-0.05, 0) is 106 Å². The first-order valence-electron chi connectivity index (χ1n) is 8.19. The molecule has 0 radical (unpaired) electrons. The predicted molar refractivity (Wildman–Crippen MR) is 110 cm³/mol. The SMILES string of the molecule is CCc1cc(OCC=C(Br)Br)ccc1Oc1ccc(OC(C)C)cc1. The van der Waals surface area contributed by atoms with Crippen LogP contribution in [-0.2, 0) is 6.42 Å². The van der Waals surface area contributed by atoms with Gasteiger partial charge in [-0.3, -0.25) is 0 Å². The van der Waals surface area contributed by atoms with Gasteiger partial charge >= 0.3 is 0 Å². The maximum atomic E-state index is 6.02. The molecule has 0 saturated heterocycles. The fraction of sp³-hybridized carbons (Fsp3) is 0.300. The summed E-state index contributed by atoms with van der Waals surface area (Å²) in [4.78, 5) is 0. The van der Waals surface area contributed by atoms with Crippen molar-refractivity contribution in [2.24, 2.45) is 0 Å². The molecule has 0 N–H and O–H groups in total. The van der Waals surface area contributed by atoms with Crippen LogP contribution < -0.4 is 14.2 Å². The third-order valence-corrected chi connectivity index (χ3v) is 3.97. The summed E-state index contributed by atoms with van der Waals surface area (Å²) < 4.78 is 18.3. The molecular formula is C20H22Br2O3. The van der Waals surface area contributed by atoms with Gasteiger partial charge < -0.3 is 14.2 Å². The molecule has 0 aromatic heterocycles. The van der Waals surface area contributed by atoms with Crippen LogP contribution in [0.2, 0.25) is 0 Å². The molecule has 0 spiro atoms. The lowest BCUT2D eigenvalue weighted by Gasteiger charge is -2.13. The molecule has 0 aliphatic carbocycles. The molecule has 3 nitrogen and oxygen atoms in total. The highest BCUT2D eigenvalue weighted by atomic mass is 79.9. The van der Waals surface area contributed by atoms with Gasteiger partial charge in [-0.15, -0.1) is 0 Å². The second kappa shape index (κ2) is 9.88. The van der Waals surface area contributed by atoms with E-state index in [2.05, 4.69) is 38.8 Å². The van der Waals surface area contributed by atoms with Crippen LogP contribution in [0, 0.1) is 0 Å². The molecule has 5 heteroatoms. The monoisotopic (exact) mass is 468 g/mol. The van der Waals surface area contributed by atoms with E-state index >= 15 is 0 Å². The summed E-state index contributed by atoms with van der Waals surface area (Å²) in [7, 11) is 0. The Morgan fingerprint density at radius 1 is 1.00 bits per heavy atom. The molecule has 0 aliphatic heterocycles. The zero-order chi connectivity index (χ0) is 18.2. The minimum atomic E-state index is 0.158. The summed E-state index contributed by atoms with van der Waals surface area (Å²) in [5.41, 5.74) is 1.10. The van der Waals surface area contributed by atoms with Gasteiger partial charge in [-0.25, -0.2) is 0 Å². The third-order valence-electron chi connectivity index (χ3n) is 3.32.